The molecule has 2 aromatic rings. The Morgan fingerprint density at radius 2 is 2.29 bits per heavy atom. The van der Waals surface area contributed by atoms with Crippen LogP contribution in [-0.4, -0.2) is 31.3 Å². The van der Waals surface area contributed by atoms with Crippen LogP contribution in [0.3, 0.4) is 0 Å². The van der Waals surface area contributed by atoms with Crippen LogP contribution < -0.4 is 0 Å². The lowest BCUT2D eigenvalue weighted by molar-refractivity contribution is 0.0696. The zero-order valence-electron chi connectivity index (χ0n) is 8.66. The number of aromatic nitrogens is 4. The molecule has 0 saturated carbocycles. The number of carboxylic acid groups (broad SMARTS) is 1. The van der Waals surface area contributed by atoms with Crippen molar-refractivity contribution in [3.63, 3.8) is 0 Å². The van der Waals surface area contributed by atoms with Crippen LogP contribution in [0, 0.1) is 0 Å². The molecule has 1 aromatic heterocycles. The van der Waals surface area contributed by atoms with Crippen molar-refractivity contribution in [1.82, 2.24) is 20.2 Å². The van der Waals surface area contributed by atoms with Crippen LogP contribution >= 0.6 is 27.7 Å². The molecule has 0 unspecified atom stereocenters. The van der Waals surface area contributed by atoms with Crippen molar-refractivity contribution in [1.29, 1.82) is 0 Å². The van der Waals surface area contributed by atoms with E-state index in [1.54, 1.807) is 29.9 Å². The summed E-state index contributed by atoms with van der Waals surface area (Å²) in [5.74, 6) is -0.964. The maximum absolute atomic E-state index is 10.8. The van der Waals surface area contributed by atoms with Crippen molar-refractivity contribution in [2.24, 2.45) is 7.05 Å². The standard InChI is InChI=1S/C9H7BrN4O2S/c1-14-9(11-12-13-14)17-5-2-3-6(8(15)16)7(10)4-5/h2-4H,1H3,(H,15,16). The third kappa shape index (κ3) is 2.64. The van der Waals surface area contributed by atoms with E-state index in [1.807, 2.05) is 0 Å². The molecule has 0 bridgehead atoms. The highest BCUT2D eigenvalue weighted by molar-refractivity contribution is 9.10. The lowest BCUT2D eigenvalue weighted by atomic mass is 10.2. The van der Waals surface area contributed by atoms with Crippen LogP contribution in [0.4, 0.5) is 0 Å². The van der Waals surface area contributed by atoms with Gasteiger partial charge in [0.2, 0.25) is 5.16 Å². The minimum absolute atomic E-state index is 0.227. The molecule has 0 fully saturated rings. The number of nitrogens with zero attached hydrogens (tertiary/aromatic N) is 4. The molecule has 8 heteroatoms. The molecule has 0 spiro atoms. The first-order valence-electron chi connectivity index (χ1n) is 4.51. The number of aromatic carboxylic acids is 1. The van der Waals surface area contributed by atoms with Crippen molar-refractivity contribution >= 4 is 33.7 Å². The van der Waals surface area contributed by atoms with E-state index in [9.17, 15) is 4.79 Å². The molecule has 0 radical (unpaired) electrons. The van der Waals surface area contributed by atoms with Gasteiger partial charge in [-0.1, -0.05) is 0 Å². The summed E-state index contributed by atoms with van der Waals surface area (Å²) in [7, 11) is 1.74. The highest BCUT2D eigenvalue weighted by atomic mass is 79.9. The molecular formula is C9H7BrN4O2S. The Balaban J connectivity index is 2.27. The molecular weight excluding hydrogens is 308 g/mol. The van der Waals surface area contributed by atoms with Gasteiger partial charge in [-0.2, -0.15) is 0 Å². The first-order valence-corrected chi connectivity index (χ1v) is 6.12. The Morgan fingerprint density at radius 1 is 1.53 bits per heavy atom. The average molecular weight is 315 g/mol. The molecule has 17 heavy (non-hydrogen) atoms. The molecule has 0 saturated heterocycles. The quantitative estimate of drug-likeness (QED) is 0.930. The monoisotopic (exact) mass is 314 g/mol. The Kier molecular flexibility index (Phi) is 3.43. The highest BCUT2D eigenvalue weighted by Gasteiger charge is 2.10. The molecule has 88 valence electrons. The molecule has 6 nitrogen and oxygen atoms in total. The first-order chi connectivity index (χ1) is 8.08. The van der Waals surface area contributed by atoms with E-state index in [4.69, 9.17) is 5.11 Å². The maximum atomic E-state index is 10.8. The van der Waals surface area contributed by atoms with Crippen LogP contribution in [0.1, 0.15) is 10.4 Å². The van der Waals surface area contributed by atoms with Gasteiger partial charge in [-0.25, -0.2) is 9.48 Å². The van der Waals surface area contributed by atoms with Gasteiger partial charge in [0.25, 0.3) is 0 Å². The SMILES string of the molecule is Cn1nnnc1Sc1ccc(C(=O)O)c(Br)c1. The fourth-order valence-corrected chi connectivity index (χ4v) is 2.62. The van der Waals surface area contributed by atoms with Crippen LogP contribution in [0.15, 0.2) is 32.7 Å². The Morgan fingerprint density at radius 3 is 2.82 bits per heavy atom. The predicted molar refractivity (Wildman–Crippen MR) is 64.0 cm³/mol. The number of rotatable bonds is 3. The van der Waals surface area contributed by atoms with Gasteiger partial charge in [0.15, 0.2) is 0 Å². The third-order valence-electron chi connectivity index (χ3n) is 1.96. The number of carbonyl (C=O) groups is 1. The van der Waals surface area contributed by atoms with Crippen molar-refractivity contribution in [2.75, 3.05) is 0 Å². The second kappa shape index (κ2) is 4.84. The third-order valence-corrected chi connectivity index (χ3v) is 3.64. The summed E-state index contributed by atoms with van der Waals surface area (Å²) in [5.41, 5.74) is 0.227. The van der Waals surface area contributed by atoms with Crippen molar-refractivity contribution in [3.05, 3.63) is 28.2 Å². The summed E-state index contributed by atoms with van der Waals surface area (Å²) >= 11 is 4.58. The van der Waals surface area contributed by atoms with Gasteiger partial charge in [-0.3, -0.25) is 0 Å². The number of benzene rings is 1. The normalized spacial score (nSPS) is 10.5. The number of aryl methyl sites for hydroxylation is 1. The smallest absolute Gasteiger partial charge is 0.336 e. The molecule has 0 aliphatic rings. The van der Waals surface area contributed by atoms with Crippen molar-refractivity contribution in [2.45, 2.75) is 10.1 Å². The van der Waals surface area contributed by atoms with Crippen LogP contribution in [-0.2, 0) is 7.05 Å². The zero-order valence-corrected chi connectivity index (χ0v) is 11.1. The van der Waals surface area contributed by atoms with Crippen molar-refractivity contribution in [3.8, 4) is 0 Å². The number of hydrogen-bond donors (Lipinski definition) is 1. The Bertz CT molecular complexity index is 572. The highest BCUT2D eigenvalue weighted by Crippen LogP contribution is 2.29. The minimum Gasteiger partial charge on any atom is -0.478 e. The maximum Gasteiger partial charge on any atom is 0.336 e. The van der Waals surface area contributed by atoms with Gasteiger partial charge >= 0.3 is 5.97 Å². The number of halogens is 1. The molecule has 1 N–H and O–H groups in total. The summed E-state index contributed by atoms with van der Waals surface area (Å²) in [6.45, 7) is 0. The average Bonchev–Trinajstić information content (AvgIpc) is 2.64. The Hall–Kier alpha value is -1.41. The van der Waals surface area contributed by atoms with E-state index >= 15 is 0 Å². The topological polar surface area (TPSA) is 80.9 Å². The van der Waals surface area contributed by atoms with E-state index in [0.29, 0.717) is 9.63 Å². The predicted octanol–water partition coefficient (Wildman–Crippen LogP) is 1.82. The van der Waals surface area contributed by atoms with Gasteiger partial charge in [-0.05, 0) is 56.3 Å². The summed E-state index contributed by atoms with van der Waals surface area (Å²) in [5, 5.41) is 20.6. The van der Waals surface area contributed by atoms with Gasteiger partial charge in [-0.15, -0.1) is 5.10 Å². The molecule has 1 aromatic carbocycles. The zero-order chi connectivity index (χ0) is 12.4. The summed E-state index contributed by atoms with van der Waals surface area (Å²) in [6.07, 6.45) is 0. The molecule has 0 amide bonds. The van der Waals surface area contributed by atoms with E-state index in [2.05, 4.69) is 31.5 Å². The fourth-order valence-electron chi connectivity index (χ4n) is 1.15. The Labute approximate surface area is 109 Å². The summed E-state index contributed by atoms with van der Waals surface area (Å²) in [4.78, 5) is 11.7. The van der Waals surface area contributed by atoms with Gasteiger partial charge in [0.05, 0.1) is 5.56 Å². The van der Waals surface area contributed by atoms with Gasteiger partial charge in [0, 0.05) is 16.4 Å². The molecule has 0 aliphatic carbocycles. The van der Waals surface area contributed by atoms with Crippen molar-refractivity contribution < 1.29 is 9.90 Å². The van der Waals surface area contributed by atoms with E-state index in [1.165, 1.54) is 11.8 Å². The van der Waals surface area contributed by atoms with E-state index in [-0.39, 0.29) is 5.56 Å². The molecule has 1 heterocycles. The first kappa shape index (κ1) is 12.1. The van der Waals surface area contributed by atoms with Gasteiger partial charge in [0.1, 0.15) is 0 Å². The van der Waals surface area contributed by atoms with E-state index in [0.717, 1.165) is 4.90 Å². The van der Waals surface area contributed by atoms with Gasteiger partial charge < -0.3 is 5.11 Å². The fraction of sp³-hybridized carbons (Fsp3) is 0.111. The molecule has 0 atom stereocenters. The molecule has 2 rings (SSSR count). The van der Waals surface area contributed by atoms with Crippen LogP contribution in [0.2, 0.25) is 0 Å². The molecule has 0 aliphatic heterocycles. The second-order valence-electron chi connectivity index (χ2n) is 3.13. The summed E-state index contributed by atoms with van der Waals surface area (Å²) < 4.78 is 2.08. The van der Waals surface area contributed by atoms with Crippen LogP contribution in [0.25, 0.3) is 0 Å². The summed E-state index contributed by atoms with van der Waals surface area (Å²) in [6, 6.07) is 4.98. The number of hydrogen-bond acceptors (Lipinski definition) is 5. The largest absolute Gasteiger partial charge is 0.478 e. The number of tetrazole rings is 1. The lowest BCUT2D eigenvalue weighted by Gasteiger charge is -2.02. The second-order valence-corrected chi connectivity index (χ2v) is 5.03. The minimum atomic E-state index is -0.964. The number of carboxylic acids is 1. The van der Waals surface area contributed by atoms with Crippen LogP contribution in [0.5, 0.6) is 0 Å². The lowest BCUT2D eigenvalue weighted by Crippen LogP contribution is -1.97. The van der Waals surface area contributed by atoms with E-state index < -0.39 is 5.97 Å².